The van der Waals surface area contributed by atoms with E-state index in [0.717, 1.165) is 15.6 Å². The topological polar surface area (TPSA) is 57.2 Å². The van der Waals surface area contributed by atoms with Crippen molar-refractivity contribution in [1.82, 2.24) is 3.93 Å². The van der Waals surface area contributed by atoms with Gasteiger partial charge in [0.25, 0.3) is 5.97 Å². The minimum absolute atomic E-state index is 0.289. The number of amides is 1. The van der Waals surface area contributed by atoms with Crippen LogP contribution in [0.4, 0.5) is 4.79 Å². The van der Waals surface area contributed by atoms with E-state index in [1.807, 2.05) is 59.7 Å². The van der Waals surface area contributed by atoms with Gasteiger partial charge in [0, 0.05) is 10.0 Å². The van der Waals surface area contributed by atoms with Gasteiger partial charge in [-0.05, 0) is 65.3 Å². The molecule has 0 heterocycles. The lowest BCUT2D eigenvalue weighted by atomic mass is 10.1. The molecule has 1 aromatic carbocycles. The Bertz CT molecular complexity index is 658. The second-order valence-electron chi connectivity index (χ2n) is 7.99. The van der Waals surface area contributed by atoms with Crippen molar-refractivity contribution in [2.24, 2.45) is 0 Å². The van der Waals surface area contributed by atoms with E-state index in [0.29, 0.717) is 21.0 Å². The van der Waals surface area contributed by atoms with E-state index in [2.05, 4.69) is 32.1 Å². The SMILES string of the molecule is CC(C)(C)OC(=O)N(Br)Cc1cc(C(O[SiH3])(O[SiH3])OC(C)(C)C)ccc1Br. The first-order valence-corrected chi connectivity index (χ1v) is 11.6. The normalized spacial score (nSPS) is 14.8. The zero-order valence-corrected chi connectivity index (χ0v) is 24.4. The van der Waals surface area contributed by atoms with Crippen LogP contribution in [-0.2, 0) is 30.8 Å². The second kappa shape index (κ2) is 9.51. The van der Waals surface area contributed by atoms with Crippen LogP contribution in [0.2, 0.25) is 0 Å². The first-order valence-electron chi connectivity index (χ1n) is 8.48. The number of hydrogen-bond acceptors (Lipinski definition) is 5. The van der Waals surface area contributed by atoms with Crippen molar-refractivity contribution >= 4 is 59.1 Å². The Hall–Kier alpha value is -0.236. The molecule has 0 aromatic heterocycles. The summed E-state index contributed by atoms with van der Waals surface area (Å²) < 4.78 is 25.2. The minimum Gasteiger partial charge on any atom is -0.443 e. The number of benzene rings is 1. The van der Waals surface area contributed by atoms with Gasteiger partial charge < -0.3 is 18.3 Å². The number of ether oxygens (including phenoxy) is 2. The smallest absolute Gasteiger partial charge is 0.420 e. The molecule has 0 spiro atoms. The molecular formula is C17H29Br2NO5Si2. The standard InChI is InChI=1S/C17H29Br2NO5Si2/c1-15(2,3)22-14(21)20(19)10-11-9-12(7-8-13(11)18)17(24-26,25-27)23-16(4,5)6/h7-9H,10H2,1-6,26-27H3. The number of carbonyl (C=O) groups excluding carboxylic acids is 1. The lowest BCUT2D eigenvalue weighted by Crippen LogP contribution is -2.41. The number of hydrogen-bond donors (Lipinski definition) is 0. The van der Waals surface area contributed by atoms with Crippen LogP contribution >= 0.6 is 32.1 Å². The summed E-state index contributed by atoms with van der Waals surface area (Å²) in [5.74, 6) is -1.24. The highest BCUT2D eigenvalue weighted by atomic mass is 79.9. The maximum absolute atomic E-state index is 12.2. The molecule has 1 rings (SSSR count). The first-order chi connectivity index (χ1) is 12.2. The van der Waals surface area contributed by atoms with E-state index in [4.69, 9.17) is 18.3 Å². The second-order valence-corrected chi connectivity index (χ2v) is 10.5. The van der Waals surface area contributed by atoms with Crippen LogP contribution in [0.25, 0.3) is 0 Å². The Labute approximate surface area is 184 Å². The molecule has 0 aliphatic rings. The number of rotatable bonds is 6. The van der Waals surface area contributed by atoms with Crippen LogP contribution < -0.4 is 0 Å². The fourth-order valence-electron chi connectivity index (χ4n) is 2.28. The summed E-state index contributed by atoms with van der Waals surface area (Å²) in [5, 5.41) is 0. The summed E-state index contributed by atoms with van der Waals surface area (Å²) in [4.78, 5) is 12.2. The van der Waals surface area contributed by atoms with E-state index in [-0.39, 0.29) is 6.54 Å². The van der Waals surface area contributed by atoms with Gasteiger partial charge in [-0.2, -0.15) is 0 Å². The molecule has 0 unspecified atom stereocenters. The van der Waals surface area contributed by atoms with Crippen LogP contribution in [-0.4, -0.2) is 42.2 Å². The highest BCUT2D eigenvalue weighted by Gasteiger charge is 2.37. The van der Waals surface area contributed by atoms with Crippen molar-refractivity contribution in [2.45, 2.75) is 65.3 Å². The van der Waals surface area contributed by atoms with Crippen LogP contribution in [0.15, 0.2) is 22.7 Å². The van der Waals surface area contributed by atoms with Crippen LogP contribution in [0.3, 0.4) is 0 Å². The van der Waals surface area contributed by atoms with E-state index in [1.165, 1.54) is 3.93 Å². The lowest BCUT2D eigenvalue weighted by molar-refractivity contribution is -0.347. The molecule has 1 aromatic rings. The third-order valence-corrected chi connectivity index (χ3v) is 5.67. The summed E-state index contributed by atoms with van der Waals surface area (Å²) in [6.07, 6.45) is -0.463. The van der Waals surface area contributed by atoms with Gasteiger partial charge in [-0.25, -0.2) is 8.72 Å². The Kier molecular flexibility index (Phi) is 8.73. The molecular weight excluding hydrogens is 514 g/mol. The Morgan fingerprint density at radius 3 is 2.07 bits per heavy atom. The first kappa shape index (κ1) is 24.8. The molecule has 6 nitrogen and oxygen atoms in total. The largest absolute Gasteiger partial charge is 0.443 e. The predicted molar refractivity (Wildman–Crippen MR) is 119 cm³/mol. The molecule has 0 radical (unpaired) electrons. The minimum atomic E-state index is -1.24. The highest BCUT2D eigenvalue weighted by Crippen LogP contribution is 2.34. The fourth-order valence-corrected chi connectivity index (χ4v) is 4.30. The number of halogens is 2. The Morgan fingerprint density at radius 2 is 1.63 bits per heavy atom. The molecule has 0 aliphatic carbocycles. The zero-order chi connectivity index (χ0) is 21.0. The molecule has 154 valence electrons. The molecule has 0 N–H and O–H groups in total. The Balaban J connectivity index is 3.16. The van der Waals surface area contributed by atoms with Gasteiger partial charge >= 0.3 is 6.09 Å². The van der Waals surface area contributed by atoms with E-state index in [1.54, 1.807) is 0 Å². The molecule has 0 aliphatic heterocycles. The predicted octanol–water partition coefficient (Wildman–Crippen LogP) is 3.02. The molecule has 10 heteroatoms. The van der Waals surface area contributed by atoms with Gasteiger partial charge in [0.2, 0.25) is 0 Å². The van der Waals surface area contributed by atoms with Gasteiger partial charge in [-0.15, -0.1) is 0 Å². The third kappa shape index (κ3) is 7.60. The fraction of sp³-hybridized carbons (Fsp3) is 0.588. The van der Waals surface area contributed by atoms with Crippen LogP contribution in [0.5, 0.6) is 0 Å². The van der Waals surface area contributed by atoms with Crippen LogP contribution in [0.1, 0.15) is 52.7 Å². The third-order valence-electron chi connectivity index (χ3n) is 3.28. The van der Waals surface area contributed by atoms with Crippen LogP contribution in [0, 0.1) is 0 Å². The Morgan fingerprint density at radius 1 is 1.07 bits per heavy atom. The average Bonchev–Trinajstić information content (AvgIpc) is 2.52. The summed E-state index contributed by atoms with van der Waals surface area (Å²) in [6.45, 7) is 11.6. The van der Waals surface area contributed by atoms with Crippen molar-refractivity contribution in [2.75, 3.05) is 0 Å². The molecule has 27 heavy (non-hydrogen) atoms. The highest BCUT2D eigenvalue weighted by molar-refractivity contribution is 9.10. The van der Waals surface area contributed by atoms with Crippen molar-refractivity contribution in [1.29, 1.82) is 0 Å². The van der Waals surface area contributed by atoms with E-state index < -0.39 is 23.3 Å². The summed E-state index contributed by atoms with van der Waals surface area (Å²) >= 11 is 6.82. The monoisotopic (exact) mass is 541 g/mol. The molecule has 0 bridgehead atoms. The van der Waals surface area contributed by atoms with Gasteiger partial charge in [0.15, 0.2) is 21.0 Å². The van der Waals surface area contributed by atoms with Crippen molar-refractivity contribution < 1.29 is 23.1 Å². The van der Waals surface area contributed by atoms with Gasteiger partial charge in [-0.1, -0.05) is 15.9 Å². The molecule has 0 saturated carbocycles. The van der Waals surface area contributed by atoms with Crippen molar-refractivity contribution in [3.05, 3.63) is 33.8 Å². The van der Waals surface area contributed by atoms with Crippen molar-refractivity contribution in [3.8, 4) is 0 Å². The van der Waals surface area contributed by atoms with Gasteiger partial charge in [-0.3, -0.25) is 0 Å². The summed E-state index contributed by atoms with van der Waals surface area (Å²) in [6, 6.07) is 5.69. The maximum Gasteiger partial charge on any atom is 0.420 e. The average molecular weight is 543 g/mol. The van der Waals surface area contributed by atoms with Gasteiger partial charge in [0.1, 0.15) is 5.60 Å². The van der Waals surface area contributed by atoms with E-state index in [9.17, 15) is 4.79 Å². The van der Waals surface area contributed by atoms with Gasteiger partial charge in [0.05, 0.1) is 28.3 Å². The van der Waals surface area contributed by atoms with E-state index >= 15 is 0 Å². The quantitative estimate of drug-likeness (QED) is 0.314. The van der Waals surface area contributed by atoms with Crippen molar-refractivity contribution in [3.63, 3.8) is 0 Å². The number of nitrogens with zero attached hydrogens (tertiary/aromatic N) is 1. The molecule has 1 amide bonds. The summed E-state index contributed by atoms with van der Waals surface area (Å²) in [5.41, 5.74) is 0.569. The zero-order valence-electron chi connectivity index (χ0n) is 17.2. The molecule has 0 fully saturated rings. The maximum atomic E-state index is 12.2. The summed E-state index contributed by atoms with van der Waals surface area (Å²) in [7, 11) is 0.874. The molecule has 0 atom stereocenters. The number of carbonyl (C=O) groups is 1. The lowest BCUT2D eigenvalue weighted by Gasteiger charge is -2.38. The molecule has 0 saturated heterocycles.